The highest BCUT2D eigenvalue weighted by atomic mass is 16.5. The Kier molecular flexibility index (Phi) is 4.64. The second kappa shape index (κ2) is 7.24. The van der Waals surface area contributed by atoms with Crippen LogP contribution in [0.2, 0.25) is 0 Å². The molecule has 8 nitrogen and oxygen atoms in total. The van der Waals surface area contributed by atoms with Crippen LogP contribution >= 0.6 is 0 Å². The van der Waals surface area contributed by atoms with Crippen LogP contribution in [-0.2, 0) is 11.3 Å². The second-order valence-electron chi connectivity index (χ2n) is 6.33. The summed E-state index contributed by atoms with van der Waals surface area (Å²) in [5.74, 6) is 1.12. The average Bonchev–Trinajstić information content (AvgIpc) is 3.07. The van der Waals surface area contributed by atoms with E-state index in [9.17, 15) is 9.59 Å². The molecule has 0 bridgehead atoms. The van der Waals surface area contributed by atoms with Gasteiger partial charge in [0.1, 0.15) is 11.5 Å². The van der Waals surface area contributed by atoms with Crippen molar-refractivity contribution in [2.75, 3.05) is 31.3 Å². The number of nitrogens with zero attached hydrogens (tertiary/aromatic N) is 4. The standard InChI is InChI=1S/C19H20N4O4/c1-14-16(20-17(27-14)15-5-3-2-4-6-15)13-21-7-8-23(19(25)18(21)24)22-9-11-26-12-10-22/h2-8H,9-13H2,1H3. The Hall–Kier alpha value is -3.13. The van der Waals surface area contributed by atoms with Gasteiger partial charge in [-0.2, -0.15) is 0 Å². The Morgan fingerprint density at radius 2 is 1.78 bits per heavy atom. The van der Waals surface area contributed by atoms with E-state index in [4.69, 9.17) is 9.15 Å². The summed E-state index contributed by atoms with van der Waals surface area (Å²) >= 11 is 0. The van der Waals surface area contributed by atoms with Gasteiger partial charge in [-0.1, -0.05) is 18.2 Å². The van der Waals surface area contributed by atoms with Crippen molar-refractivity contribution in [1.29, 1.82) is 0 Å². The summed E-state index contributed by atoms with van der Waals surface area (Å²) in [6.45, 7) is 4.21. The smallest absolute Gasteiger partial charge is 0.334 e. The van der Waals surface area contributed by atoms with Crippen LogP contribution in [0, 0.1) is 6.92 Å². The van der Waals surface area contributed by atoms with Crippen LogP contribution in [0.5, 0.6) is 0 Å². The van der Waals surface area contributed by atoms with Crippen LogP contribution in [-0.4, -0.2) is 40.5 Å². The van der Waals surface area contributed by atoms with E-state index < -0.39 is 11.1 Å². The zero-order valence-corrected chi connectivity index (χ0v) is 15.0. The maximum absolute atomic E-state index is 12.5. The fraction of sp³-hybridized carbons (Fsp3) is 0.316. The summed E-state index contributed by atoms with van der Waals surface area (Å²) < 4.78 is 13.7. The Labute approximate surface area is 155 Å². The molecular formula is C19H20N4O4. The molecule has 3 aromatic rings. The van der Waals surface area contributed by atoms with E-state index in [1.807, 2.05) is 35.3 Å². The molecular weight excluding hydrogens is 348 g/mol. The minimum absolute atomic E-state index is 0.181. The third-order valence-electron chi connectivity index (χ3n) is 4.57. The molecule has 0 saturated carbocycles. The van der Waals surface area contributed by atoms with Crippen LogP contribution in [0.3, 0.4) is 0 Å². The number of aryl methyl sites for hydroxylation is 1. The van der Waals surface area contributed by atoms with Crippen LogP contribution in [0.4, 0.5) is 0 Å². The number of ether oxygens (including phenoxy) is 1. The number of rotatable bonds is 4. The summed E-state index contributed by atoms with van der Waals surface area (Å²) in [6, 6.07) is 9.55. The van der Waals surface area contributed by atoms with E-state index >= 15 is 0 Å². The first kappa shape index (κ1) is 17.3. The quantitative estimate of drug-likeness (QED) is 0.639. The first-order valence-electron chi connectivity index (χ1n) is 8.80. The summed E-state index contributed by atoms with van der Waals surface area (Å²) in [5.41, 5.74) is 0.317. The van der Waals surface area contributed by atoms with Crippen molar-refractivity contribution in [3.8, 4) is 11.5 Å². The predicted octanol–water partition coefficient (Wildman–Crippen LogP) is 0.990. The molecule has 27 heavy (non-hydrogen) atoms. The SMILES string of the molecule is Cc1oc(-c2ccccc2)nc1Cn1ccn(N2CCOCC2)c(=O)c1=O. The maximum Gasteiger partial charge on any atom is 0.334 e. The van der Waals surface area contributed by atoms with Gasteiger partial charge in [0.2, 0.25) is 5.89 Å². The third kappa shape index (κ3) is 3.43. The number of aromatic nitrogens is 3. The van der Waals surface area contributed by atoms with Gasteiger partial charge < -0.3 is 18.7 Å². The second-order valence-corrected chi connectivity index (χ2v) is 6.33. The van der Waals surface area contributed by atoms with E-state index in [0.29, 0.717) is 43.6 Å². The molecule has 0 radical (unpaired) electrons. The number of hydrogen-bond donors (Lipinski definition) is 0. The molecule has 140 valence electrons. The molecule has 3 heterocycles. The lowest BCUT2D eigenvalue weighted by atomic mass is 10.2. The fourth-order valence-electron chi connectivity index (χ4n) is 3.06. The Morgan fingerprint density at radius 3 is 2.52 bits per heavy atom. The Morgan fingerprint density at radius 1 is 1.04 bits per heavy atom. The molecule has 1 saturated heterocycles. The van der Waals surface area contributed by atoms with Crippen molar-refractivity contribution in [3.63, 3.8) is 0 Å². The van der Waals surface area contributed by atoms with Crippen LogP contribution in [0.15, 0.2) is 56.7 Å². The van der Waals surface area contributed by atoms with Crippen molar-refractivity contribution in [2.24, 2.45) is 0 Å². The monoisotopic (exact) mass is 368 g/mol. The fourth-order valence-corrected chi connectivity index (χ4v) is 3.06. The van der Waals surface area contributed by atoms with Gasteiger partial charge in [-0.3, -0.25) is 9.59 Å². The van der Waals surface area contributed by atoms with Gasteiger partial charge in [-0.15, -0.1) is 0 Å². The highest BCUT2D eigenvalue weighted by molar-refractivity contribution is 5.53. The van der Waals surface area contributed by atoms with Gasteiger partial charge in [0.25, 0.3) is 0 Å². The van der Waals surface area contributed by atoms with Crippen LogP contribution in [0.25, 0.3) is 11.5 Å². The van der Waals surface area contributed by atoms with Gasteiger partial charge in [0.15, 0.2) is 0 Å². The van der Waals surface area contributed by atoms with Gasteiger partial charge >= 0.3 is 11.1 Å². The first-order chi connectivity index (χ1) is 13.1. The Balaban J connectivity index is 1.62. The van der Waals surface area contributed by atoms with Crippen LogP contribution in [0.1, 0.15) is 11.5 Å². The van der Waals surface area contributed by atoms with Crippen molar-refractivity contribution in [2.45, 2.75) is 13.5 Å². The van der Waals surface area contributed by atoms with E-state index in [0.717, 1.165) is 5.56 Å². The molecule has 1 aliphatic rings. The molecule has 2 aromatic heterocycles. The highest BCUT2D eigenvalue weighted by Crippen LogP contribution is 2.21. The summed E-state index contributed by atoms with van der Waals surface area (Å²) in [7, 11) is 0. The predicted molar refractivity (Wildman–Crippen MR) is 99.5 cm³/mol. The zero-order chi connectivity index (χ0) is 18.8. The summed E-state index contributed by atoms with van der Waals surface area (Å²) in [4.78, 5) is 29.5. The zero-order valence-electron chi connectivity index (χ0n) is 15.0. The molecule has 8 heteroatoms. The molecule has 1 aliphatic heterocycles. The molecule has 0 atom stereocenters. The molecule has 4 rings (SSSR count). The molecule has 0 N–H and O–H groups in total. The molecule has 0 spiro atoms. The molecule has 0 aliphatic carbocycles. The number of oxazole rings is 1. The summed E-state index contributed by atoms with van der Waals surface area (Å²) in [6.07, 6.45) is 3.22. The number of hydrogen-bond acceptors (Lipinski definition) is 6. The van der Waals surface area contributed by atoms with Gasteiger partial charge in [-0.25, -0.2) is 9.66 Å². The molecule has 1 fully saturated rings. The minimum Gasteiger partial charge on any atom is -0.441 e. The van der Waals surface area contributed by atoms with E-state index in [2.05, 4.69) is 4.98 Å². The normalized spacial score (nSPS) is 14.5. The van der Waals surface area contributed by atoms with Crippen molar-refractivity contribution >= 4 is 0 Å². The van der Waals surface area contributed by atoms with Gasteiger partial charge in [-0.05, 0) is 19.1 Å². The van der Waals surface area contributed by atoms with Crippen molar-refractivity contribution < 1.29 is 9.15 Å². The Bertz CT molecular complexity index is 1050. The summed E-state index contributed by atoms with van der Waals surface area (Å²) in [5, 5.41) is 1.81. The largest absolute Gasteiger partial charge is 0.441 e. The first-order valence-corrected chi connectivity index (χ1v) is 8.80. The van der Waals surface area contributed by atoms with Gasteiger partial charge in [0.05, 0.1) is 32.8 Å². The third-order valence-corrected chi connectivity index (χ3v) is 4.57. The van der Waals surface area contributed by atoms with Crippen molar-refractivity contribution in [1.82, 2.24) is 14.2 Å². The highest BCUT2D eigenvalue weighted by Gasteiger charge is 2.16. The minimum atomic E-state index is -0.590. The number of benzene rings is 1. The van der Waals surface area contributed by atoms with E-state index in [1.165, 1.54) is 9.24 Å². The molecule has 1 aromatic carbocycles. The maximum atomic E-state index is 12.5. The lowest BCUT2D eigenvalue weighted by Crippen LogP contribution is -2.53. The van der Waals surface area contributed by atoms with E-state index in [-0.39, 0.29) is 6.54 Å². The molecule has 0 unspecified atom stereocenters. The lowest BCUT2D eigenvalue weighted by molar-refractivity contribution is 0.110. The van der Waals surface area contributed by atoms with Crippen LogP contribution < -0.4 is 16.1 Å². The topological polar surface area (TPSA) is 82.5 Å². The van der Waals surface area contributed by atoms with E-state index in [1.54, 1.807) is 19.3 Å². The van der Waals surface area contributed by atoms with Crippen molar-refractivity contribution in [3.05, 3.63) is 74.9 Å². The lowest BCUT2D eigenvalue weighted by Gasteiger charge is -2.29. The number of morpholine rings is 1. The van der Waals surface area contributed by atoms with Gasteiger partial charge in [0, 0.05) is 18.0 Å². The average molecular weight is 368 g/mol. The molecule has 0 amide bonds.